The molecule has 0 saturated heterocycles. The van der Waals surface area contributed by atoms with Crippen LogP contribution in [0.15, 0.2) is 54.9 Å². The summed E-state index contributed by atoms with van der Waals surface area (Å²) in [5.74, 6) is -0.359. The second kappa shape index (κ2) is 9.55. The first-order valence-electron chi connectivity index (χ1n) is 10.1. The van der Waals surface area contributed by atoms with Crippen LogP contribution in [0.5, 0.6) is 11.5 Å². The van der Waals surface area contributed by atoms with Gasteiger partial charge in [0.1, 0.15) is 28.1 Å². The van der Waals surface area contributed by atoms with Crippen molar-refractivity contribution in [1.29, 1.82) is 0 Å². The minimum Gasteiger partial charge on any atom is -0.484 e. The number of imidazole rings is 1. The number of amides is 1. The number of nitrogens with zero attached hydrogens (tertiary/aromatic N) is 2. The predicted molar refractivity (Wildman–Crippen MR) is 122 cm³/mol. The summed E-state index contributed by atoms with van der Waals surface area (Å²) < 4.78 is 38.7. The van der Waals surface area contributed by atoms with Crippen molar-refractivity contribution in [2.45, 2.75) is 26.2 Å². The van der Waals surface area contributed by atoms with Crippen molar-refractivity contribution in [3.8, 4) is 22.1 Å². The lowest BCUT2D eigenvalue weighted by atomic mass is 10.1. The summed E-state index contributed by atoms with van der Waals surface area (Å²) in [4.78, 5) is 17.4. The molecule has 1 aromatic carbocycles. The second-order valence-electron chi connectivity index (χ2n) is 7.28. The number of nitrogens with one attached hydrogen (secondary N) is 1. The van der Waals surface area contributed by atoms with E-state index in [4.69, 9.17) is 15.2 Å². The molecule has 0 fully saturated rings. The summed E-state index contributed by atoms with van der Waals surface area (Å²) in [5, 5.41) is 2.97. The summed E-state index contributed by atoms with van der Waals surface area (Å²) in [6.07, 6.45) is 2.88. The van der Waals surface area contributed by atoms with E-state index in [9.17, 15) is 13.6 Å². The molecule has 0 bridgehead atoms. The van der Waals surface area contributed by atoms with Gasteiger partial charge in [-0.2, -0.15) is 8.78 Å². The van der Waals surface area contributed by atoms with Crippen LogP contribution >= 0.6 is 11.3 Å². The number of ether oxygens (including phenoxy) is 2. The fourth-order valence-corrected chi connectivity index (χ4v) is 4.51. The van der Waals surface area contributed by atoms with Gasteiger partial charge in [-0.25, -0.2) is 4.98 Å². The fourth-order valence-electron chi connectivity index (χ4n) is 3.56. The van der Waals surface area contributed by atoms with Gasteiger partial charge in [0.2, 0.25) is 0 Å². The summed E-state index contributed by atoms with van der Waals surface area (Å²) in [6, 6.07) is 12.4. The molecule has 0 aliphatic carbocycles. The lowest BCUT2D eigenvalue weighted by molar-refractivity contribution is -0.0512. The maximum Gasteiger partial charge on any atom is 0.387 e. The highest BCUT2D eigenvalue weighted by Gasteiger charge is 2.23. The number of primary amides is 1. The van der Waals surface area contributed by atoms with Crippen LogP contribution in [0, 0.1) is 0 Å². The first kappa shape index (κ1) is 22.7. The monoisotopic (exact) mass is 472 g/mol. The number of halogens is 2. The number of benzene rings is 1. The molecule has 4 rings (SSSR count). The lowest BCUT2D eigenvalue weighted by Crippen LogP contribution is -2.13. The lowest BCUT2D eigenvalue weighted by Gasteiger charge is -2.19. The Morgan fingerprint density at radius 2 is 2.03 bits per heavy atom. The molecule has 4 aromatic rings. The van der Waals surface area contributed by atoms with Crippen molar-refractivity contribution >= 4 is 22.9 Å². The number of fused-ring (bicyclic) bond motifs is 1. The van der Waals surface area contributed by atoms with E-state index in [1.807, 2.05) is 28.8 Å². The van der Waals surface area contributed by atoms with Crippen molar-refractivity contribution in [3.05, 3.63) is 70.9 Å². The normalized spacial score (nSPS) is 12.3. The molecule has 7 nitrogen and oxygen atoms in total. The molecule has 3 N–H and O–H groups in total. The molecule has 1 amide bonds. The molecular formula is C23H22F2N4O3S. The maximum atomic E-state index is 13.0. The van der Waals surface area contributed by atoms with E-state index in [0.717, 1.165) is 21.8 Å². The first-order chi connectivity index (χ1) is 15.9. The van der Waals surface area contributed by atoms with Crippen LogP contribution in [-0.4, -0.2) is 29.0 Å². The number of carbonyl (C=O) groups excluding carboxylic acids is 1. The summed E-state index contributed by atoms with van der Waals surface area (Å²) in [5.41, 5.74) is 8.34. The van der Waals surface area contributed by atoms with Crippen molar-refractivity contribution in [3.63, 3.8) is 0 Å². The number of aromatic nitrogens is 2. The smallest absolute Gasteiger partial charge is 0.387 e. The number of thiophene rings is 1. The molecule has 172 valence electrons. The topological polar surface area (TPSA) is 90.9 Å². The van der Waals surface area contributed by atoms with E-state index in [1.165, 1.54) is 11.3 Å². The summed E-state index contributed by atoms with van der Waals surface area (Å²) in [6.45, 7) is -0.791. The Hall–Kier alpha value is -3.50. The van der Waals surface area contributed by atoms with Crippen LogP contribution in [0.3, 0.4) is 0 Å². The largest absolute Gasteiger partial charge is 0.484 e. The van der Waals surface area contributed by atoms with Crippen LogP contribution in [-0.2, 0) is 6.54 Å². The van der Waals surface area contributed by atoms with E-state index in [1.54, 1.807) is 44.4 Å². The molecular weight excluding hydrogens is 450 g/mol. The maximum absolute atomic E-state index is 13.0. The van der Waals surface area contributed by atoms with Gasteiger partial charge in [0.05, 0.1) is 16.8 Å². The van der Waals surface area contributed by atoms with Crippen molar-refractivity contribution in [2.24, 2.45) is 5.73 Å². The number of rotatable bonds is 9. The van der Waals surface area contributed by atoms with Crippen LogP contribution in [0.1, 0.15) is 33.8 Å². The molecule has 0 aliphatic rings. The van der Waals surface area contributed by atoms with Gasteiger partial charge in [-0.15, -0.1) is 11.3 Å². The molecule has 1 unspecified atom stereocenters. The van der Waals surface area contributed by atoms with E-state index in [-0.39, 0.29) is 16.4 Å². The average Bonchev–Trinajstić information content (AvgIpc) is 3.38. The highest BCUT2D eigenvalue weighted by atomic mass is 32.1. The SMILES string of the molecule is CNCc1ccc(C(C)Oc2cc(-c3cnc4ccccn34)sc2C(N)=O)c(OC(F)F)c1. The molecule has 3 aromatic heterocycles. The van der Waals surface area contributed by atoms with Gasteiger partial charge in [-0.05, 0) is 37.7 Å². The number of alkyl halides is 2. The highest BCUT2D eigenvalue weighted by molar-refractivity contribution is 7.17. The fraction of sp³-hybridized carbons (Fsp3) is 0.217. The molecule has 0 saturated carbocycles. The van der Waals surface area contributed by atoms with Crippen molar-refractivity contribution in [1.82, 2.24) is 14.7 Å². The van der Waals surface area contributed by atoms with Gasteiger partial charge in [0.15, 0.2) is 0 Å². The quantitative estimate of drug-likeness (QED) is 0.371. The molecule has 3 heterocycles. The molecule has 33 heavy (non-hydrogen) atoms. The molecule has 0 radical (unpaired) electrons. The number of nitrogens with two attached hydrogens (primary N) is 1. The Morgan fingerprint density at radius 1 is 1.21 bits per heavy atom. The van der Waals surface area contributed by atoms with Crippen LogP contribution in [0.25, 0.3) is 16.2 Å². The van der Waals surface area contributed by atoms with Gasteiger partial charge in [-0.3, -0.25) is 9.20 Å². The van der Waals surface area contributed by atoms with E-state index < -0.39 is 18.6 Å². The molecule has 10 heteroatoms. The number of hydrogen-bond acceptors (Lipinski definition) is 6. The minimum absolute atomic E-state index is 0.0168. The second-order valence-corrected chi connectivity index (χ2v) is 8.33. The Kier molecular flexibility index (Phi) is 6.57. The zero-order valence-electron chi connectivity index (χ0n) is 17.9. The Balaban J connectivity index is 1.68. The summed E-state index contributed by atoms with van der Waals surface area (Å²) in [7, 11) is 1.76. The van der Waals surface area contributed by atoms with Crippen molar-refractivity contribution in [2.75, 3.05) is 7.05 Å². The number of pyridine rings is 1. The highest BCUT2D eigenvalue weighted by Crippen LogP contribution is 2.39. The molecule has 0 spiro atoms. The zero-order valence-corrected chi connectivity index (χ0v) is 18.7. The van der Waals surface area contributed by atoms with Crippen molar-refractivity contribution < 1.29 is 23.0 Å². The first-order valence-corrected chi connectivity index (χ1v) is 10.9. The summed E-state index contributed by atoms with van der Waals surface area (Å²) >= 11 is 1.18. The zero-order chi connectivity index (χ0) is 23.5. The van der Waals surface area contributed by atoms with Gasteiger partial charge in [-0.1, -0.05) is 18.2 Å². The van der Waals surface area contributed by atoms with E-state index in [2.05, 4.69) is 10.3 Å². The number of hydrogen-bond donors (Lipinski definition) is 2. The predicted octanol–water partition coefficient (Wildman–Crippen LogP) is 4.62. The van der Waals surface area contributed by atoms with Gasteiger partial charge in [0.25, 0.3) is 5.91 Å². The van der Waals surface area contributed by atoms with Crippen LogP contribution in [0.2, 0.25) is 0 Å². The Labute approximate surface area is 192 Å². The van der Waals surface area contributed by atoms with E-state index >= 15 is 0 Å². The Bertz CT molecular complexity index is 1290. The molecule has 0 aliphatic heterocycles. The van der Waals surface area contributed by atoms with Crippen LogP contribution in [0.4, 0.5) is 8.78 Å². The average molecular weight is 473 g/mol. The minimum atomic E-state index is -2.98. The third-order valence-corrected chi connectivity index (χ3v) is 6.16. The third kappa shape index (κ3) is 4.81. The molecule has 1 atom stereocenters. The van der Waals surface area contributed by atoms with Gasteiger partial charge < -0.3 is 20.5 Å². The number of carbonyl (C=O) groups is 1. The Morgan fingerprint density at radius 3 is 2.76 bits per heavy atom. The third-order valence-electron chi connectivity index (χ3n) is 5.01. The van der Waals surface area contributed by atoms with Gasteiger partial charge >= 0.3 is 6.61 Å². The van der Waals surface area contributed by atoms with Gasteiger partial charge in [0, 0.05) is 24.4 Å². The van der Waals surface area contributed by atoms with Crippen LogP contribution < -0.4 is 20.5 Å². The standard InChI is InChI=1S/C23H22F2N4O3S/c1-13(15-7-6-14(11-27-2)9-17(15)32-23(24)25)31-18-10-19(33-21(18)22(26)30)16-12-28-20-5-3-4-8-29(16)20/h3-10,12-13,23,27H,11H2,1-2H3,(H2,26,30). The van der Waals surface area contributed by atoms with E-state index in [0.29, 0.717) is 12.1 Å².